The van der Waals surface area contributed by atoms with Crippen molar-refractivity contribution < 1.29 is 39.1 Å². The van der Waals surface area contributed by atoms with Gasteiger partial charge in [0.1, 0.15) is 6.61 Å². The molecule has 1 N–H and O–H groups in total. The van der Waals surface area contributed by atoms with Crippen molar-refractivity contribution in [2.45, 2.75) is 51.5 Å². The van der Waals surface area contributed by atoms with Crippen molar-refractivity contribution in [3.8, 4) is 0 Å². The number of anilines is 1. The monoisotopic (exact) mass is 455 g/mol. The fourth-order valence-corrected chi connectivity index (χ4v) is 3.66. The van der Waals surface area contributed by atoms with Gasteiger partial charge in [-0.2, -0.15) is 13.2 Å². The fourth-order valence-electron chi connectivity index (χ4n) is 3.66. The van der Waals surface area contributed by atoms with Crippen LogP contribution in [0.2, 0.25) is 0 Å². The van der Waals surface area contributed by atoms with Gasteiger partial charge >= 0.3 is 18.4 Å². The van der Waals surface area contributed by atoms with Gasteiger partial charge in [0.25, 0.3) is 0 Å². The third-order valence-electron chi connectivity index (χ3n) is 5.17. The van der Waals surface area contributed by atoms with Crippen LogP contribution in [0.5, 0.6) is 0 Å². The summed E-state index contributed by atoms with van der Waals surface area (Å²) in [5, 5.41) is 2.55. The molecule has 0 aliphatic carbocycles. The molecule has 2 aromatic carbocycles. The first kappa shape index (κ1) is 17.3. The van der Waals surface area contributed by atoms with Gasteiger partial charge in [-0.1, -0.05) is 37.3 Å². The van der Waals surface area contributed by atoms with E-state index in [1.54, 1.807) is 37.3 Å². The number of carbonyl (C=O) groups is 2. The predicted octanol–water partition coefficient (Wildman–Crippen LogP) is 5.82. The number of carbonyl (C=O) groups excluding carboxylic acids is 2. The molecule has 32 heavy (non-hydrogen) atoms. The summed E-state index contributed by atoms with van der Waals surface area (Å²) < 4.78 is 87.3. The average Bonchev–Trinajstić information content (AvgIpc) is 2.81. The molecule has 3 rings (SSSR count). The Morgan fingerprint density at radius 3 is 2.62 bits per heavy atom. The fraction of sp³-hybridized carbons (Fsp3) is 0.391. The largest absolute Gasteiger partial charge is 0.449 e. The molecule has 1 aliphatic rings. The maximum Gasteiger partial charge on any atom is 0.416 e. The van der Waals surface area contributed by atoms with Crippen LogP contribution in [0.3, 0.4) is 0 Å². The Hall–Kier alpha value is -3.23. The normalized spacial score (nSPS) is 21.1. The topological polar surface area (TPSA) is 67.9 Å². The van der Waals surface area contributed by atoms with E-state index in [9.17, 15) is 22.8 Å². The van der Waals surface area contributed by atoms with Crippen molar-refractivity contribution >= 4 is 17.9 Å². The molecule has 1 heterocycles. The highest BCUT2D eigenvalue weighted by Gasteiger charge is 2.39. The van der Waals surface area contributed by atoms with Gasteiger partial charge in [-0.25, -0.2) is 9.59 Å². The van der Waals surface area contributed by atoms with Crippen LogP contribution in [0.1, 0.15) is 56.2 Å². The third-order valence-corrected chi connectivity index (χ3v) is 5.17. The number of hydrogen-bond donors (Lipinski definition) is 1. The van der Waals surface area contributed by atoms with Gasteiger partial charge in [0, 0.05) is 10.2 Å². The minimum Gasteiger partial charge on any atom is -0.449 e. The molecule has 0 saturated carbocycles. The summed E-state index contributed by atoms with van der Waals surface area (Å²) in [4.78, 5) is 26.4. The van der Waals surface area contributed by atoms with Gasteiger partial charge < -0.3 is 14.8 Å². The highest BCUT2D eigenvalue weighted by atomic mass is 19.4. The standard InChI is InChI=1S/C23H25F3N2O4/c1-3-17-13-19(27-21(29)32-14-15-8-6-5-7-9-15)18-12-16(23(24,25)26)10-11-20(18)28(17)22(30)31-4-2/h5-12,17,19H,3-4,13-14H2,1-2H3,(H,27,29)/i2D3,4D2. The van der Waals surface area contributed by atoms with Gasteiger partial charge in [-0.15, -0.1) is 0 Å². The molecular formula is C23H25F3N2O4. The van der Waals surface area contributed by atoms with Crippen molar-refractivity contribution in [3.05, 3.63) is 65.2 Å². The average molecular weight is 455 g/mol. The van der Waals surface area contributed by atoms with E-state index in [0.29, 0.717) is 5.56 Å². The van der Waals surface area contributed by atoms with Crippen molar-refractivity contribution in [2.75, 3.05) is 11.5 Å². The summed E-state index contributed by atoms with van der Waals surface area (Å²) in [5.41, 5.74) is -0.491. The second-order valence-electron chi connectivity index (χ2n) is 7.17. The molecule has 0 fully saturated rings. The first-order chi connectivity index (χ1) is 17.1. The molecule has 6 nitrogen and oxygen atoms in total. The van der Waals surface area contributed by atoms with Gasteiger partial charge in [0.15, 0.2) is 0 Å². The molecule has 9 heteroatoms. The van der Waals surface area contributed by atoms with E-state index in [1.807, 2.05) is 0 Å². The maximum atomic E-state index is 13.5. The van der Waals surface area contributed by atoms with Crippen LogP contribution in [0.25, 0.3) is 0 Å². The Bertz CT molecular complexity index is 1130. The predicted molar refractivity (Wildman–Crippen MR) is 112 cm³/mol. The summed E-state index contributed by atoms with van der Waals surface area (Å²) in [7, 11) is 0. The van der Waals surface area contributed by atoms with Crippen LogP contribution >= 0.6 is 0 Å². The smallest absolute Gasteiger partial charge is 0.416 e. The van der Waals surface area contributed by atoms with Crippen LogP contribution in [-0.4, -0.2) is 24.8 Å². The van der Waals surface area contributed by atoms with Crippen LogP contribution in [0, 0.1) is 0 Å². The molecule has 0 aromatic heterocycles. The second-order valence-corrected chi connectivity index (χ2v) is 7.17. The highest BCUT2D eigenvalue weighted by molar-refractivity contribution is 5.90. The number of nitrogens with one attached hydrogen (secondary N) is 1. The zero-order valence-electron chi connectivity index (χ0n) is 22.1. The van der Waals surface area contributed by atoms with Crippen LogP contribution in [0.15, 0.2) is 48.5 Å². The molecule has 0 bridgehead atoms. The van der Waals surface area contributed by atoms with Crippen molar-refractivity contribution in [2.24, 2.45) is 0 Å². The number of rotatable bonds is 5. The zero-order chi connectivity index (χ0) is 27.6. The SMILES string of the molecule is [2H]C([2H])([2H])C([2H])([2H])OC(=O)N1c2ccc(C(F)(F)F)cc2C(NC(=O)OCc2ccccc2)CC1CC. The molecule has 2 amide bonds. The number of ether oxygens (including phenoxy) is 2. The lowest BCUT2D eigenvalue weighted by molar-refractivity contribution is -0.137. The minimum atomic E-state index is -4.72. The maximum absolute atomic E-state index is 13.5. The van der Waals surface area contributed by atoms with Gasteiger partial charge in [-0.05, 0) is 49.0 Å². The number of halogens is 3. The number of alkyl halides is 3. The number of amides is 2. The van der Waals surface area contributed by atoms with Crippen molar-refractivity contribution in [3.63, 3.8) is 0 Å². The van der Waals surface area contributed by atoms with Crippen molar-refractivity contribution in [1.29, 1.82) is 0 Å². The highest BCUT2D eigenvalue weighted by Crippen LogP contribution is 2.42. The Labute approximate surface area is 191 Å². The van der Waals surface area contributed by atoms with E-state index in [2.05, 4.69) is 10.1 Å². The quantitative estimate of drug-likeness (QED) is 0.617. The summed E-state index contributed by atoms with van der Waals surface area (Å²) in [6.07, 6.45) is -6.80. The molecule has 0 radical (unpaired) electrons. The van der Waals surface area contributed by atoms with Crippen LogP contribution < -0.4 is 10.2 Å². The number of alkyl carbamates (subject to hydrolysis) is 1. The van der Waals surface area contributed by atoms with E-state index in [-0.39, 0.29) is 30.7 Å². The molecule has 172 valence electrons. The Morgan fingerprint density at radius 1 is 1.22 bits per heavy atom. The number of hydrogen-bond acceptors (Lipinski definition) is 4. The number of nitrogens with zero attached hydrogens (tertiary/aromatic N) is 1. The molecule has 1 aliphatic heterocycles. The zero-order valence-corrected chi connectivity index (χ0v) is 17.1. The van der Waals surface area contributed by atoms with Gasteiger partial charge in [-0.3, -0.25) is 4.90 Å². The molecular weight excluding hydrogens is 425 g/mol. The minimum absolute atomic E-state index is 0.0584. The Balaban J connectivity index is 1.93. The molecule has 2 atom stereocenters. The number of fused-ring (bicyclic) bond motifs is 1. The van der Waals surface area contributed by atoms with Gasteiger partial charge in [0.2, 0.25) is 0 Å². The summed E-state index contributed by atoms with van der Waals surface area (Å²) in [5.74, 6) is 0. The first-order valence-electron chi connectivity index (χ1n) is 12.3. The summed E-state index contributed by atoms with van der Waals surface area (Å²) >= 11 is 0. The van der Waals surface area contributed by atoms with E-state index in [1.165, 1.54) is 0 Å². The van der Waals surface area contributed by atoms with E-state index in [4.69, 9.17) is 11.6 Å². The van der Waals surface area contributed by atoms with E-state index < -0.39 is 49.4 Å². The van der Waals surface area contributed by atoms with E-state index >= 15 is 0 Å². The third kappa shape index (κ3) is 5.33. The molecule has 0 spiro atoms. The Kier molecular flexibility index (Phi) is 5.38. The molecule has 2 unspecified atom stereocenters. The van der Waals surface area contributed by atoms with Crippen molar-refractivity contribution in [1.82, 2.24) is 5.32 Å². The first-order valence-corrected chi connectivity index (χ1v) is 9.84. The number of benzene rings is 2. The van der Waals surface area contributed by atoms with Gasteiger partial charge in [0.05, 0.1) is 26.6 Å². The second kappa shape index (κ2) is 9.93. The molecule has 0 saturated heterocycles. The Morgan fingerprint density at radius 2 is 1.97 bits per heavy atom. The van der Waals surface area contributed by atoms with Crippen LogP contribution in [0.4, 0.5) is 28.4 Å². The summed E-state index contributed by atoms with van der Waals surface area (Å²) in [6, 6.07) is 9.52. The summed E-state index contributed by atoms with van der Waals surface area (Å²) in [6.45, 7) is -5.04. The molecule has 2 aromatic rings. The van der Waals surface area contributed by atoms with Crippen LogP contribution in [-0.2, 0) is 22.3 Å². The lowest BCUT2D eigenvalue weighted by Crippen LogP contribution is -2.47. The lowest BCUT2D eigenvalue weighted by Gasteiger charge is -2.40. The lowest BCUT2D eigenvalue weighted by atomic mass is 9.89. The van der Waals surface area contributed by atoms with E-state index in [0.717, 1.165) is 23.1 Å².